The van der Waals surface area contributed by atoms with Crippen LogP contribution in [0.4, 0.5) is 0 Å². The van der Waals surface area contributed by atoms with Gasteiger partial charge >= 0.3 is 33.1 Å². The molecule has 0 bridgehead atoms. The molecule has 0 atom stereocenters. The van der Waals surface area contributed by atoms with Gasteiger partial charge in [-0.1, -0.05) is 22.9 Å². The van der Waals surface area contributed by atoms with Gasteiger partial charge in [0.1, 0.15) is 0 Å². The van der Waals surface area contributed by atoms with Crippen LogP contribution in [0.3, 0.4) is 0 Å². The Kier molecular flexibility index (Phi) is 85.0. The molecule has 0 spiro atoms. The summed E-state index contributed by atoms with van der Waals surface area (Å²) in [5.41, 5.74) is 0. The van der Waals surface area contributed by atoms with Gasteiger partial charge in [0.2, 0.25) is 0 Å². The predicted octanol–water partition coefficient (Wildman–Crippen LogP) is 1.46. The molecule has 0 unspecified atom stereocenters. The van der Waals surface area contributed by atoms with Crippen LogP contribution in [0.2, 0.25) is 0 Å². The number of alkyl halides is 1. The Balaban J connectivity index is -0.0000000275. The molecule has 0 saturated heterocycles. The van der Waals surface area contributed by atoms with Crippen LogP contribution < -0.4 is 0 Å². The number of hydrogen-bond acceptors (Lipinski definition) is 1. The first kappa shape index (κ1) is 15.7. The van der Waals surface area contributed by atoms with E-state index in [2.05, 4.69) is 15.9 Å². The molecule has 6 heavy (non-hydrogen) atoms. The maximum atomic E-state index is 8.42. The number of halogens is 1. The summed E-state index contributed by atoms with van der Waals surface area (Å²) in [6, 6.07) is 0. The zero-order chi connectivity index (χ0) is 4.71. The van der Waals surface area contributed by atoms with Crippen LogP contribution >= 0.6 is 15.9 Å². The molecule has 0 aliphatic carbocycles. The quantitative estimate of drug-likeness (QED) is 0.454. The molecule has 0 aromatic rings. The summed E-state index contributed by atoms with van der Waals surface area (Å²) in [7, 11) is 0. The first-order valence-electron chi connectivity index (χ1n) is 1.26. The van der Waals surface area contributed by atoms with Gasteiger partial charge in [-0.25, -0.2) is 0 Å². The SMILES string of the molecule is CCBr.[CH3-].[O]=[YH]. The van der Waals surface area contributed by atoms with Crippen molar-refractivity contribution in [3.63, 3.8) is 0 Å². The van der Waals surface area contributed by atoms with Crippen molar-refractivity contribution in [1.82, 2.24) is 0 Å². The Morgan fingerprint density at radius 2 is 1.67 bits per heavy atom. The molecule has 0 aliphatic heterocycles. The van der Waals surface area contributed by atoms with E-state index in [9.17, 15) is 0 Å². The molecule has 0 fully saturated rings. The van der Waals surface area contributed by atoms with Gasteiger partial charge in [-0.2, -0.15) is 0 Å². The summed E-state index contributed by atoms with van der Waals surface area (Å²) in [6.45, 7) is 2.04. The Hall–Kier alpha value is 1.38. The van der Waals surface area contributed by atoms with Crippen molar-refractivity contribution in [3.8, 4) is 0 Å². The van der Waals surface area contributed by atoms with E-state index in [-0.39, 0.29) is 38.4 Å². The van der Waals surface area contributed by atoms with Crippen molar-refractivity contribution in [2.45, 2.75) is 6.92 Å². The fourth-order valence-electron chi connectivity index (χ4n) is 0. The molecule has 0 aromatic carbocycles. The molecule has 3 heteroatoms. The maximum absolute atomic E-state index is 8.42. The third-order valence-electron chi connectivity index (χ3n) is 0. The molecule has 0 aliphatic rings. The second-order valence-electron chi connectivity index (χ2n) is 0.267. The van der Waals surface area contributed by atoms with Gasteiger partial charge in [0.15, 0.2) is 0 Å². The van der Waals surface area contributed by atoms with Crippen molar-refractivity contribution < 1.29 is 33.1 Å². The van der Waals surface area contributed by atoms with E-state index in [1.807, 2.05) is 6.92 Å². The number of hydrogen-bond donors (Lipinski definition) is 0. The third kappa shape index (κ3) is 54.0. The molecule has 0 saturated carbocycles. The summed E-state index contributed by atoms with van der Waals surface area (Å²) in [5, 5.41) is 1.06. The first-order valence-corrected chi connectivity index (χ1v) is 3.80. The van der Waals surface area contributed by atoms with E-state index in [0.717, 1.165) is 5.33 Å². The Bertz CT molecular complexity index is 14.8. The van der Waals surface area contributed by atoms with E-state index >= 15 is 0 Å². The van der Waals surface area contributed by atoms with Crippen LogP contribution in [0.1, 0.15) is 6.92 Å². The second kappa shape index (κ2) is 32.6. The van der Waals surface area contributed by atoms with Crippen LogP contribution in [0.15, 0.2) is 0 Å². The molecular formula is C3H9BrOY-. The van der Waals surface area contributed by atoms with Gasteiger partial charge < -0.3 is 7.43 Å². The average Bonchev–Trinajstić information content (AvgIpc) is 1.46. The van der Waals surface area contributed by atoms with E-state index in [1.54, 1.807) is 0 Å². The molecule has 0 aromatic heterocycles. The van der Waals surface area contributed by atoms with Crippen LogP contribution in [-0.4, -0.2) is 5.33 Å². The topological polar surface area (TPSA) is 17.1 Å². The molecule has 38 valence electrons. The van der Waals surface area contributed by atoms with Gasteiger partial charge in [0.05, 0.1) is 0 Å². The van der Waals surface area contributed by atoms with E-state index in [1.165, 1.54) is 0 Å². The summed E-state index contributed by atoms with van der Waals surface area (Å²) < 4.78 is 8.42. The Morgan fingerprint density at radius 1 is 1.67 bits per heavy atom. The van der Waals surface area contributed by atoms with Crippen molar-refractivity contribution in [2.24, 2.45) is 0 Å². The fourth-order valence-corrected chi connectivity index (χ4v) is 0. The Labute approximate surface area is 68.1 Å². The van der Waals surface area contributed by atoms with Crippen molar-refractivity contribution in [3.05, 3.63) is 7.43 Å². The van der Waals surface area contributed by atoms with Crippen molar-refractivity contribution in [1.29, 1.82) is 0 Å². The standard InChI is InChI=1S/C2H5Br.CH3.O.Y.H/c1-2-3;;;;/h2H2,1H3;1H3;;;/q;-1;;;. The monoisotopic (exact) mass is 229 g/mol. The predicted molar refractivity (Wildman–Crippen MR) is 28.0 cm³/mol. The van der Waals surface area contributed by atoms with E-state index < -0.39 is 0 Å². The first-order chi connectivity index (χ1) is 2.41. The molecular weight excluding hydrogens is 221 g/mol. The van der Waals surface area contributed by atoms with E-state index in [4.69, 9.17) is 2.04 Å². The molecule has 0 heterocycles. The third-order valence-corrected chi connectivity index (χ3v) is 0. The van der Waals surface area contributed by atoms with E-state index in [0.29, 0.717) is 0 Å². The van der Waals surface area contributed by atoms with Crippen LogP contribution in [-0.2, 0) is 33.1 Å². The zero-order valence-corrected chi connectivity index (χ0v) is 9.26. The average molecular weight is 230 g/mol. The zero-order valence-electron chi connectivity index (χ0n) is 4.20. The van der Waals surface area contributed by atoms with Crippen molar-refractivity contribution in [2.75, 3.05) is 5.33 Å². The van der Waals surface area contributed by atoms with Gasteiger partial charge in [-0.3, -0.25) is 0 Å². The molecule has 0 rings (SSSR count). The summed E-state index contributed by atoms with van der Waals surface area (Å²) in [5.74, 6) is 0. The van der Waals surface area contributed by atoms with Crippen LogP contribution in [0.5, 0.6) is 0 Å². The van der Waals surface area contributed by atoms with Gasteiger partial charge in [0.25, 0.3) is 0 Å². The van der Waals surface area contributed by atoms with Crippen LogP contribution in [0, 0.1) is 7.43 Å². The normalized spacial score (nSPS) is 3.50. The Morgan fingerprint density at radius 3 is 1.67 bits per heavy atom. The summed E-state index contributed by atoms with van der Waals surface area (Å²) in [4.78, 5) is 0. The second-order valence-corrected chi connectivity index (χ2v) is 1.39. The van der Waals surface area contributed by atoms with Crippen molar-refractivity contribution >= 4 is 15.9 Å². The molecule has 0 N–H and O–H groups in total. The van der Waals surface area contributed by atoms with Gasteiger partial charge in [-0.05, 0) is 0 Å². The minimum atomic E-state index is -0.1000. The fraction of sp³-hybridized carbons (Fsp3) is 0.667. The molecule has 0 radical (unpaired) electrons. The summed E-state index contributed by atoms with van der Waals surface area (Å²) in [6.07, 6.45) is 0. The van der Waals surface area contributed by atoms with Gasteiger partial charge in [-0.15, -0.1) is 0 Å². The summed E-state index contributed by atoms with van der Waals surface area (Å²) >= 11 is 3.05. The van der Waals surface area contributed by atoms with Gasteiger partial charge in [0, 0.05) is 5.33 Å². The van der Waals surface area contributed by atoms with Crippen LogP contribution in [0.25, 0.3) is 0 Å². The number of rotatable bonds is 0. The molecule has 1 nitrogen and oxygen atoms in total. The molecule has 0 amide bonds. The minimum absolute atomic E-state index is 0.